The topological polar surface area (TPSA) is 75.7 Å². The Kier molecular flexibility index (Phi) is 5.75. The first-order valence-electron chi connectivity index (χ1n) is 7.65. The van der Waals surface area contributed by atoms with Crippen molar-refractivity contribution in [1.29, 1.82) is 0 Å². The maximum atomic E-state index is 12.4. The zero-order valence-electron chi connectivity index (χ0n) is 13.2. The van der Waals surface area contributed by atoms with Gasteiger partial charge >= 0.3 is 0 Å². The highest BCUT2D eigenvalue weighted by Crippen LogP contribution is 2.25. The van der Waals surface area contributed by atoms with Crippen LogP contribution in [0, 0.1) is 0 Å². The summed E-state index contributed by atoms with van der Waals surface area (Å²) in [5.41, 5.74) is 0.994. The summed E-state index contributed by atoms with van der Waals surface area (Å²) in [6.07, 6.45) is -0.202. The van der Waals surface area contributed by atoms with Gasteiger partial charge in [-0.15, -0.1) is 11.3 Å². The Balaban J connectivity index is 1.59. The molecule has 1 aliphatic rings. The van der Waals surface area contributed by atoms with Gasteiger partial charge in [0.25, 0.3) is 10.0 Å². The summed E-state index contributed by atoms with van der Waals surface area (Å²) in [7, 11) is -3.73. The minimum Gasteiger partial charge on any atom is -0.370 e. The van der Waals surface area contributed by atoms with E-state index in [2.05, 4.69) is 4.72 Å². The molecule has 25 heavy (non-hydrogen) atoms. The predicted octanol–water partition coefficient (Wildman–Crippen LogP) is 2.28. The summed E-state index contributed by atoms with van der Waals surface area (Å²) in [6.45, 7) is 0.960. The maximum Gasteiger partial charge on any atom is 0.250 e. The van der Waals surface area contributed by atoms with Gasteiger partial charge in [0.15, 0.2) is 0 Å². The number of benzene rings is 1. The van der Waals surface area contributed by atoms with Crippen molar-refractivity contribution < 1.29 is 17.9 Å². The van der Waals surface area contributed by atoms with Gasteiger partial charge in [0.1, 0.15) is 10.3 Å². The number of carbonyl (C=O) groups excluding carboxylic acids is 1. The van der Waals surface area contributed by atoms with Crippen LogP contribution in [-0.2, 0) is 19.6 Å². The van der Waals surface area contributed by atoms with E-state index in [1.54, 1.807) is 4.90 Å². The van der Waals surface area contributed by atoms with Crippen LogP contribution in [-0.4, -0.2) is 45.5 Å². The molecule has 1 aromatic carbocycles. The Bertz CT molecular complexity index is 839. The first-order chi connectivity index (χ1) is 12.0. The van der Waals surface area contributed by atoms with Gasteiger partial charge < -0.3 is 9.64 Å². The average molecular weight is 401 g/mol. The highest BCUT2D eigenvalue weighted by molar-refractivity contribution is 7.91. The highest BCUT2D eigenvalue weighted by Gasteiger charge is 2.26. The molecule has 134 valence electrons. The quantitative estimate of drug-likeness (QED) is 0.835. The number of amides is 1. The second kappa shape index (κ2) is 7.84. The van der Waals surface area contributed by atoms with Crippen molar-refractivity contribution in [3.8, 4) is 0 Å². The molecule has 1 N–H and O–H groups in total. The fraction of sp³-hybridized carbons (Fsp3) is 0.312. The number of nitrogens with zero attached hydrogens (tertiary/aromatic N) is 1. The molecule has 0 unspecified atom stereocenters. The van der Waals surface area contributed by atoms with Crippen molar-refractivity contribution in [3.63, 3.8) is 0 Å². The van der Waals surface area contributed by atoms with E-state index in [4.69, 9.17) is 16.3 Å². The lowest BCUT2D eigenvalue weighted by Gasteiger charge is -2.33. The first-order valence-corrected chi connectivity index (χ1v) is 10.3. The van der Waals surface area contributed by atoms with Gasteiger partial charge in [0, 0.05) is 6.54 Å². The summed E-state index contributed by atoms with van der Waals surface area (Å²) in [5.74, 6) is -0.282. The van der Waals surface area contributed by atoms with Crippen LogP contribution in [0.3, 0.4) is 0 Å². The SMILES string of the molecule is O=C(CNS(=O)(=O)c1ccc(Cl)s1)N1CCO[C@H](c2ccccc2)C1. The molecular formula is C16H17ClN2O4S2. The second-order valence-electron chi connectivity index (χ2n) is 5.49. The number of carbonyl (C=O) groups is 1. The van der Waals surface area contributed by atoms with Gasteiger partial charge in [-0.3, -0.25) is 4.79 Å². The molecule has 0 spiro atoms. The molecule has 0 bridgehead atoms. The molecule has 0 radical (unpaired) electrons. The van der Waals surface area contributed by atoms with Crippen LogP contribution in [0.4, 0.5) is 0 Å². The number of morpholine rings is 1. The molecule has 1 aromatic heterocycles. The van der Waals surface area contributed by atoms with Gasteiger partial charge in [-0.25, -0.2) is 13.1 Å². The van der Waals surface area contributed by atoms with Crippen molar-refractivity contribution in [3.05, 3.63) is 52.4 Å². The molecule has 1 saturated heterocycles. The third-order valence-electron chi connectivity index (χ3n) is 3.82. The molecule has 0 aliphatic carbocycles. The van der Waals surface area contributed by atoms with E-state index in [1.165, 1.54) is 12.1 Å². The minimum atomic E-state index is -3.73. The number of hydrogen-bond acceptors (Lipinski definition) is 5. The lowest BCUT2D eigenvalue weighted by molar-refractivity contribution is -0.137. The normalized spacial score (nSPS) is 18.3. The van der Waals surface area contributed by atoms with E-state index in [0.717, 1.165) is 16.9 Å². The summed E-state index contributed by atoms with van der Waals surface area (Å²) in [6, 6.07) is 12.6. The van der Waals surface area contributed by atoms with Gasteiger partial charge in [0.2, 0.25) is 5.91 Å². The average Bonchev–Trinajstić information content (AvgIpc) is 3.08. The number of rotatable bonds is 5. The van der Waals surface area contributed by atoms with E-state index in [-0.39, 0.29) is 22.8 Å². The Morgan fingerprint density at radius 2 is 2.04 bits per heavy atom. The third kappa shape index (κ3) is 4.59. The number of ether oxygens (including phenoxy) is 1. The van der Waals surface area contributed by atoms with Crippen LogP contribution < -0.4 is 4.72 Å². The minimum absolute atomic E-state index is 0.0921. The molecule has 2 heterocycles. The van der Waals surface area contributed by atoms with E-state index < -0.39 is 10.0 Å². The Labute approximate surface area is 155 Å². The van der Waals surface area contributed by atoms with E-state index in [0.29, 0.717) is 24.0 Å². The number of sulfonamides is 1. The molecule has 1 amide bonds. The van der Waals surface area contributed by atoms with Crippen LogP contribution in [0.2, 0.25) is 4.34 Å². The van der Waals surface area contributed by atoms with Gasteiger partial charge in [-0.05, 0) is 17.7 Å². The molecule has 1 fully saturated rings. The third-order valence-corrected chi connectivity index (χ3v) is 6.94. The molecule has 1 aliphatic heterocycles. The molecule has 9 heteroatoms. The largest absolute Gasteiger partial charge is 0.370 e. The van der Waals surface area contributed by atoms with Crippen LogP contribution in [0.5, 0.6) is 0 Å². The summed E-state index contributed by atoms with van der Waals surface area (Å²) < 4.78 is 32.8. The monoisotopic (exact) mass is 400 g/mol. The van der Waals surface area contributed by atoms with Crippen molar-refractivity contribution in [2.75, 3.05) is 26.2 Å². The Morgan fingerprint density at radius 3 is 2.72 bits per heavy atom. The van der Waals surface area contributed by atoms with Gasteiger partial charge in [-0.2, -0.15) is 0 Å². The second-order valence-corrected chi connectivity index (χ2v) is 9.20. The maximum absolute atomic E-state index is 12.4. The van der Waals surface area contributed by atoms with Crippen molar-refractivity contribution in [2.45, 2.75) is 10.3 Å². The van der Waals surface area contributed by atoms with Crippen molar-refractivity contribution in [1.82, 2.24) is 9.62 Å². The molecular weight excluding hydrogens is 384 g/mol. The highest BCUT2D eigenvalue weighted by atomic mass is 35.5. The van der Waals surface area contributed by atoms with E-state index in [9.17, 15) is 13.2 Å². The lowest BCUT2D eigenvalue weighted by atomic mass is 10.1. The smallest absolute Gasteiger partial charge is 0.250 e. The fourth-order valence-corrected chi connectivity index (χ4v) is 5.03. The van der Waals surface area contributed by atoms with Crippen molar-refractivity contribution >= 4 is 38.9 Å². The predicted molar refractivity (Wildman–Crippen MR) is 96.2 cm³/mol. The van der Waals surface area contributed by atoms with Crippen molar-refractivity contribution in [2.24, 2.45) is 0 Å². The fourth-order valence-electron chi connectivity index (χ4n) is 2.53. The molecule has 1 atom stereocenters. The first kappa shape index (κ1) is 18.3. The van der Waals surface area contributed by atoms with Crippen LogP contribution >= 0.6 is 22.9 Å². The molecule has 2 aromatic rings. The number of halogens is 1. The molecule has 6 nitrogen and oxygen atoms in total. The summed E-state index contributed by atoms with van der Waals surface area (Å²) >= 11 is 6.71. The zero-order chi connectivity index (χ0) is 17.9. The lowest BCUT2D eigenvalue weighted by Crippen LogP contribution is -2.46. The van der Waals surface area contributed by atoms with E-state index in [1.807, 2.05) is 30.3 Å². The zero-order valence-corrected chi connectivity index (χ0v) is 15.6. The van der Waals surface area contributed by atoms with Crippen LogP contribution in [0.25, 0.3) is 0 Å². The van der Waals surface area contributed by atoms with E-state index >= 15 is 0 Å². The number of thiophene rings is 1. The van der Waals surface area contributed by atoms with Crippen LogP contribution in [0.1, 0.15) is 11.7 Å². The Morgan fingerprint density at radius 1 is 1.28 bits per heavy atom. The van der Waals surface area contributed by atoms with Gasteiger partial charge in [-0.1, -0.05) is 41.9 Å². The summed E-state index contributed by atoms with van der Waals surface area (Å²) in [5, 5.41) is 0. The van der Waals surface area contributed by atoms with Crippen LogP contribution in [0.15, 0.2) is 46.7 Å². The number of hydrogen-bond donors (Lipinski definition) is 1. The number of nitrogens with one attached hydrogen (secondary N) is 1. The summed E-state index contributed by atoms with van der Waals surface area (Å²) in [4.78, 5) is 14.0. The molecule has 0 saturated carbocycles. The Hall–Kier alpha value is -1.45. The molecule has 3 rings (SSSR count). The standard InChI is InChI=1S/C16H17ClN2O4S2/c17-14-6-7-16(24-14)25(21,22)18-10-15(20)19-8-9-23-13(11-19)12-4-2-1-3-5-12/h1-7,13,18H,8-11H2/t13-/m0/s1. The van der Waals surface area contributed by atoms with Gasteiger partial charge in [0.05, 0.1) is 24.0 Å².